The predicted octanol–water partition coefficient (Wildman–Crippen LogP) is 4.60. The Morgan fingerprint density at radius 2 is 1.75 bits per heavy atom. The Kier molecular flexibility index (Phi) is 4.71. The first-order valence-electron chi connectivity index (χ1n) is 9.14. The van der Waals surface area contributed by atoms with E-state index in [1.54, 1.807) is 0 Å². The molecule has 0 radical (unpaired) electrons. The Morgan fingerprint density at radius 1 is 1.04 bits per heavy atom. The van der Waals surface area contributed by atoms with E-state index in [0.29, 0.717) is 18.2 Å². The van der Waals surface area contributed by atoms with E-state index < -0.39 is 11.7 Å². The van der Waals surface area contributed by atoms with E-state index >= 15 is 0 Å². The summed E-state index contributed by atoms with van der Waals surface area (Å²) < 4.78 is 44.3. The summed E-state index contributed by atoms with van der Waals surface area (Å²) in [6.07, 6.45) is -1.82. The van der Waals surface area contributed by atoms with Gasteiger partial charge in [0.25, 0.3) is 0 Å². The Hall–Kier alpha value is -2.67. The Morgan fingerprint density at radius 3 is 2.39 bits per heavy atom. The van der Waals surface area contributed by atoms with Crippen LogP contribution in [0.2, 0.25) is 0 Å². The van der Waals surface area contributed by atoms with Gasteiger partial charge in [0.15, 0.2) is 0 Å². The van der Waals surface area contributed by atoms with E-state index in [2.05, 4.69) is 15.5 Å². The number of rotatable bonds is 6. The van der Waals surface area contributed by atoms with Gasteiger partial charge in [0.2, 0.25) is 11.8 Å². The second kappa shape index (κ2) is 7.05. The van der Waals surface area contributed by atoms with Crippen molar-refractivity contribution in [2.24, 2.45) is 0 Å². The number of halogens is 3. The quantitative estimate of drug-likeness (QED) is 0.672. The summed E-state index contributed by atoms with van der Waals surface area (Å²) in [4.78, 5) is 0. The summed E-state index contributed by atoms with van der Waals surface area (Å²) in [5, 5.41) is 11.7. The number of hydrogen-bond acceptors (Lipinski definition) is 4. The lowest BCUT2D eigenvalue weighted by Gasteiger charge is -2.10. The summed E-state index contributed by atoms with van der Waals surface area (Å²) in [6.45, 7) is 0.793. The minimum absolute atomic E-state index is 0.0671. The fourth-order valence-corrected chi connectivity index (χ4v) is 3.42. The number of alkyl halides is 3. The van der Waals surface area contributed by atoms with Crippen molar-refractivity contribution in [1.82, 2.24) is 15.5 Å². The summed E-state index contributed by atoms with van der Waals surface area (Å²) >= 11 is 0. The minimum Gasteiger partial charge on any atom is -0.420 e. The molecule has 1 heterocycles. The number of nitrogens with one attached hydrogen (secondary N) is 1. The van der Waals surface area contributed by atoms with Gasteiger partial charge in [-0.05, 0) is 55.6 Å². The van der Waals surface area contributed by atoms with Gasteiger partial charge in [0.1, 0.15) is 0 Å². The molecule has 1 N–H and O–H groups in total. The minimum atomic E-state index is -4.33. The van der Waals surface area contributed by atoms with Crippen molar-refractivity contribution >= 4 is 0 Å². The van der Waals surface area contributed by atoms with Crippen LogP contribution < -0.4 is 5.32 Å². The van der Waals surface area contributed by atoms with Crippen LogP contribution in [0.4, 0.5) is 13.2 Å². The van der Waals surface area contributed by atoms with E-state index in [4.69, 9.17) is 4.42 Å². The fraction of sp³-hybridized carbons (Fsp3) is 0.333. The van der Waals surface area contributed by atoms with Crippen LogP contribution in [0.5, 0.6) is 0 Å². The molecular formula is C21H20F3N3O. The highest BCUT2D eigenvalue weighted by Gasteiger charge is 2.48. The maximum Gasteiger partial charge on any atom is 0.416 e. The van der Waals surface area contributed by atoms with Crippen LogP contribution in [0, 0.1) is 0 Å². The summed E-state index contributed by atoms with van der Waals surface area (Å²) in [5.74, 6) is 1.08. The Balaban J connectivity index is 1.59. The van der Waals surface area contributed by atoms with E-state index in [-0.39, 0.29) is 5.41 Å². The third-order valence-corrected chi connectivity index (χ3v) is 5.17. The highest BCUT2D eigenvalue weighted by Crippen LogP contribution is 2.47. The second-order valence-corrected chi connectivity index (χ2v) is 7.25. The molecule has 0 saturated heterocycles. The average Bonchev–Trinajstić information content (AvgIpc) is 3.28. The molecule has 4 rings (SSSR count). The molecular weight excluding hydrogens is 367 g/mol. The monoisotopic (exact) mass is 387 g/mol. The van der Waals surface area contributed by atoms with Crippen molar-refractivity contribution in [3.05, 3.63) is 71.1 Å². The standard InChI is InChI=1S/C21H20F3N3O/c1-25-13-20(10-11-20)19-27-26-18(28-19)17-5-3-2-4-15(17)12-14-6-8-16(9-7-14)21(22,23)24/h2-9,25H,10-13H2,1H3. The number of nitrogens with zero attached hydrogens (tertiary/aromatic N) is 2. The van der Waals surface area contributed by atoms with E-state index in [1.807, 2.05) is 31.3 Å². The number of aromatic nitrogens is 2. The van der Waals surface area contributed by atoms with Gasteiger partial charge in [-0.15, -0.1) is 10.2 Å². The first-order chi connectivity index (χ1) is 13.4. The molecule has 1 fully saturated rings. The molecule has 28 heavy (non-hydrogen) atoms. The van der Waals surface area contributed by atoms with Gasteiger partial charge >= 0.3 is 6.18 Å². The van der Waals surface area contributed by atoms with Crippen molar-refractivity contribution in [3.8, 4) is 11.5 Å². The summed E-state index contributed by atoms with van der Waals surface area (Å²) in [6, 6.07) is 12.8. The molecule has 4 nitrogen and oxygen atoms in total. The van der Waals surface area contributed by atoms with Crippen LogP contribution in [-0.4, -0.2) is 23.8 Å². The number of hydrogen-bond donors (Lipinski definition) is 1. The van der Waals surface area contributed by atoms with Gasteiger partial charge in [0.05, 0.1) is 11.0 Å². The van der Waals surface area contributed by atoms with Gasteiger partial charge in [-0.25, -0.2) is 0 Å². The molecule has 1 aliphatic rings. The number of benzene rings is 2. The molecule has 0 bridgehead atoms. The molecule has 146 valence electrons. The third-order valence-electron chi connectivity index (χ3n) is 5.17. The highest BCUT2D eigenvalue weighted by atomic mass is 19.4. The van der Waals surface area contributed by atoms with Crippen molar-refractivity contribution in [2.45, 2.75) is 30.9 Å². The molecule has 1 aliphatic carbocycles. The van der Waals surface area contributed by atoms with E-state index in [1.165, 1.54) is 12.1 Å². The zero-order chi connectivity index (χ0) is 19.8. The van der Waals surface area contributed by atoms with Crippen LogP contribution in [0.25, 0.3) is 11.5 Å². The molecule has 0 amide bonds. The zero-order valence-electron chi connectivity index (χ0n) is 15.4. The first-order valence-corrected chi connectivity index (χ1v) is 9.14. The molecule has 1 saturated carbocycles. The molecule has 0 unspecified atom stereocenters. The zero-order valence-corrected chi connectivity index (χ0v) is 15.4. The highest BCUT2D eigenvalue weighted by molar-refractivity contribution is 5.59. The summed E-state index contributed by atoms with van der Waals surface area (Å²) in [7, 11) is 1.90. The van der Waals surface area contributed by atoms with Crippen LogP contribution in [0.15, 0.2) is 52.9 Å². The lowest BCUT2D eigenvalue weighted by atomic mass is 9.99. The lowest BCUT2D eigenvalue weighted by Crippen LogP contribution is -2.23. The van der Waals surface area contributed by atoms with Crippen LogP contribution in [-0.2, 0) is 18.0 Å². The van der Waals surface area contributed by atoms with Crippen molar-refractivity contribution < 1.29 is 17.6 Å². The molecule has 0 spiro atoms. The van der Waals surface area contributed by atoms with Crippen LogP contribution in [0.1, 0.15) is 35.4 Å². The van der Waals surface area contributed by atoms with Gasteiger partial charge in [-0.1, -0.05) is 30.3 Å². The Bertz CT molecular complexity index is 960. The molecule has 7 heteroatoms. The van der Waals surface area contributed by atoms with Gasteiger partial charge in [-0.3, -0.25) is 0 Å². The molecule has 2 aromatic carbocycles. The van der Waals surface area contributed by atoms with Crippen LogP contribution in [0.3, 0.4) is 0 Å². The third kappa shape index (κ3) is 3.67. The first kappa shape index (κ1) is 18.7. The van der Waals surface area contributed by atoms with E-state index in [9.17, 15) is 13.2 Å². The van der Waals surface area contributed by atoms with Gasteiger partial charge < -0.3 is 9.73 Å². The summed E-state index contributed by atoms with van der Waals surface area (Å²) in [5.41, 5.74) is 1.80. The Labute approximate surface area is 160 Å². The second-order valence-electron chi connectivity index (χ2n) is 7.25. The average molecular weight is 387 g/mol. The maximum atomic E-state index is 12.8. The fourth-order valence-electron chi connectivity index (χ4n) is 3.42. The molecule has 0 aliphatic heterocycles. The molecule has 1 aromatic heterocycles. The van der Waals surface area contributed by atoms with Gasteiger partial charge in [0, 0.05) is 12.1 Å². The molecule has 0 atom stereocenters. The maximum absolute atomic E-state index is 12.8. The van der Waals surface area contributed by atoms with Crippen molar-refractivity contribution in [1.29, 1.82) is 0 Å². The topological polar surface area (TPSA) is 51.0 Å². The van der Waals surface area contributed by atoms with Gasteiger partial charge in [-0.2, -0.15) is 13.2 Å². The van der Waals surface area contributed by atoms with E-state index in [0.717, 1.165) is 48.2 Å². The normalized spacial score (nSPS) is 15.6. The van der Waals surface area contributed by atoms with Crippen molar-refractivity contribution in [3.63, 3.8) is 0 Å². The van der Waals surface area contributed by atoms with Crippen LogP contribution >= 0.6 is 0 Å². The van der Waals surface area contributed by atoms with Crippen molar-refractivity contribution in [2.75, 3.05) is 13.6 Å². The SMILES string of the molecule is CNCC1(c2nnc(-c3ccccc3Cc3ccc(C(F)(F)F)cc3)o2)CC1. The number of likely N-dealkylation sites (N-methyl/N-ethyl adjacent to an activating group) is 1. The predicted molar refractivity (Wildman–Crippen MR) is 98.8 cm³/mol. The smallest absolute Gasteiger partial charge is 0.416 e. The lowest BCUT2D eigenvalue weighted by molar-refractivity contribution is -0.137. The largest absolute Gasteiger partial charge is 0.420 e. The molecule has 3 aromatic rings.